The topological polar surface area (TPSA) is 47.6 Å². The summed E-state index contributed by atoms with van der Waals surface area (Å²) in [5, 5.41) is 2.83. The van der Waals surface area contributed by atoms with Gasteiger partial charge in [0.15, 0.2) is 0 Å². The summed E-state index contributed by atoms with van der Waals surface area (Å²) in [6.07, 6.45) is 4.27. The largest absolute Gasteiger partial charge is 0.494 e. The second kappa shape index (κ2) is 7.01. The monoisotopic (exact) mass is 309 g/mol. The van der Waals surface area contributed by atoms with Crippen LogP contribution in [0.25, 0.3) is 6.08 Å². The highest BCUT2D eigenvalue weighted by molar-refractivity contribution is 6.01. The molecule has 0 bridgehead atoms. The minimum absolute atomic E-state index is 0.161. The van der Waals surface area contributed by atoms with E-state index < -0.39 is 0 Å². The Morgan fingerprint density at radius 3 is 2.87 bits per heavy atom. The second-order valence-corrected chi connectivity index (χ2v) is 5.25. The van der Waals surface area contributed by atoms with Gasteiger partial charge in [-0.1, -0.05) is 6.07 Å². The Balaban J connectivity index is 1.60. The lowest BCUT2D eigenvalue weighted by Gasteiger charge is -2.05. The number of amides is 1. The molecule has 1 amide bonds. The fraction of sp³-hybridized carbons (Fsp3) is 0.211. The number of benzene rings is 2. The van der Waals surface area contributed by atoms with Crippen LogP contribution in [0.5, 0.6) is 11.5 Å². The molecule has 1 aliphatic rings. The van der Waals surface area contributed by atoms with Crippen molar-refractivity contribution in [3.8, 4) is 11.5 Å². The molecule has 0 spiro atoms. The van der Waals surface area contributed by atoms with E-state index >= 15 is 0 Å². The van der Waals surface area contributed by atoms with E-state index in [4.69, 9.17) is 9.47 Å². The third kappa shape index (κ3) is 3.92. The molecule has 2 aromatic rings. The highest BCUT2D eigenvalue weighted by Crippen LogP contribution is 2.26. The van der Waals surface area contributed by atoms with Gasteiger partial charge in [0.25, 0.3) is 0 Å². The summed E-state index contributed by atoms with van der Waals surface area (Å²) in [6.45, 7) is 3.30. The lowest BCUT2D eigenvalue weighted by Crippen LogP contribution is -2.07. The highest BCUT2D eigenvalue weighted by atomic mass is 16.5. The Bertz CT molecular complexity index is 720. The predicted molar refractivity (Wildman–Crippen MR) is 90.9 cm³/mol. The molecule has 23 heavy (non-hydrogen) atoms. The molecule has 0 fully saturated rings. The summed E-state index contributed by atoms with van der Waals surface area (Å²) >= 11 is 0. The van der Waals surface area contributed by atoms with Crippen molar-refractivity contribution >= 4 is 17.7 Å². The zero-order chi connectivity index (χ0) is 16.1. The van der Waals surface area contributed by atoms with Crippen molar-refractivity contribution in [1.29, 1.82) is 0 Å². The van der Waals surface area contributed by atoms with Gasteiger partial charge in [0.1, 0.15) is 11.5 Å². The van der Waals surface area contributed by atoms with E-state index in [1.807, 2.05) is 49.4 Å². The maximum Gasteiger partial charge on any atom is 0.248 e. The molecular weight excluding hydrogens is 290 g/mol. The summed E-state index contributed by atoms with van der Waals surface area (Å²) < 4.78 is 10.8. The molecule has 0 unspecified atom stereocenters. The van der Waals surface area contributed by atoms with Gasteiger partial charge in [-0.25, -0.2) is 0 Å². The van der Waals surface area contributed by atoms with Gasteiger partial charge < -0.3 is 14.8 Å². The van der Waals surface area contributed by atoms with Gasteiger partial charge >= 0.3 is 0 Å². The molecule has 0 aromatic heterocycles. The summed E-state index contributed by atoms with van der Waals surface area (Å²) in [5.41, 5.74) is 2.93. The van der Waals surface area contributed by atoms with E-state index in [1.165, 1.54) is 11.6 Å². The molecule has 0 saturated heterocycles. The Morgan fingerprint density at radius 1 is 1.26 bits per heavy atom. The quantitative estimate of drug-likeness (QED) is 0.857. The molecule has 2 aromatic carbocycles. The molecule has 0 radical (unpaired) electrons. The molecule has 0 aliphatic carbocycles. The standard InChI is InChI=1S/C19H19NO3/c1-2-22-17-7-5-16(6-8-17)20-19(21)10-4-14-3-9-18-15(13-14)11-12-23-18/h3-10,13H,2,11-12H2,1H3,(H,20,21)/b10-4+. The predicted octanol–water partition coefficient (Wildman–Crippen LogP) is 3.67. The van der Waals surface area contributed by atoms with Crippen LogP contribution in [0.1, 0.15) is 18.1 Å². The minimum Gasteiger partial charge on any atom is -0.494 e. The molecule has 4 nitrogen and oxygen atoms in total. The Morgan fingerprint density at radius 2 is 2.09 bits per heavy atom. The van der Waals surface area contributed by atoms with E-state index in [2.05, 4.69) is 11.4 Å². The van der Waals surface area contributed by atoms with E-state index in [0.29, 0.717) is 6.61 Å². The van der Waals surface area contributed by atoms with Crippen molar-refractivity contribution in [2.45, 2.75) is 13.3 Å². The molecule has 3 rings (SSSR count). The van der Waals surface area contributed by atoms with Gasteiger partial charge in [-0.2, -0.15) is 0 Å². The van der Waals surface area contributed by atoms with E-state index in [0.717, 1.165) is 35.8 Å². The van der Waals surface area contributed by atoms with Crippen LogP contribution in [-0.4, -0.2) is 19.1 Å². The average molecular weight is 309 g/mol. The van der Waals surface area contributed by atoms with Crippen molar-refractivity contribution in [3.63, 3.8) is 0 Å². The number of ether oxygens (including phenoxy) is 2. The van der Waals surface area contributed by atoms with Gasteiger partial charge in [0.2, 0.25) is 5.91 Å². The Hall–Kier alpha value is -2.75. The molecule has 1 N–H and O–H groups in total. The Labute approximate surface area is 135 Å². The summed E-state index contributed by atoms with van der Waals surface area (Å²) in [5.74, 6) is 1.58. The number of fused-ring (bicyclic) bond motifs is 1. The van der Waals surface area contributed by atoms with Crippen molar-refractivity contribution in [2.24, 2.45) is 0 Å². The normalized spacial score (nSPS) is 12.7. The van der Waals surface area contributed by atoms with Crippen LogP contribution in [0, 0.1) is 0 Å². The lowest BCUT2D eigenvalue weighted by molar-refractivity contribution is -0.111. The van der Waals surface area contributed by atoms with Crippen LogP contribution in [-0.2, 0) is 11.2 Å². The van der Waals surface area contributed by atoms with E-state index in [1.54, 1.807) is 0 Å². The second-order valence-electron chi connectivity index (χ2n) is 5.25. The molecule has 118 valence electrons. The average Bonchev–Trinajstić information content (AvgIpc) is 3.03. The zero-order valence-corrected chi connectivity index (χ0v) is 13.0. The van der Waals surface area contributed by atoms with Crippen molar-refractivity contribution in [3.05, 3.63) is 59.7 Å². The van der Waals surface area contributed by atoms with Crippen LogP contribution < -0.4 is 14.8 Å². The van der Waals surface area contributed by atoms with Crippen LogP contribution >= 0.6 is 0 Å². The zero-order valence-electron chi connectivity index (χ0n) is 13.0. The maximum atomic E-state index is 12.0. The molecule has 0 atom stereocenters. The van der Waals surface area contributed by atoms with E-state index in [-0.39, 0.29) is 5.91 Å². The first-order chi connectivity index (χ1) is 11.2. The first-order valence-electron chi connectivity index (χ1n) is 7.72. The summed E-state index contributed by atoms with van der Waals surface area (Å²) in [4.78, 5) is 12.0. The molecular formula is C19H19NO3. The van der Waals surface area contributed by atoms with Crippen molar-refractivity contribution in [2.75, 3.05) is 18.5 Å². The summed E-state index contributed by atoms with van der Waals surface area (Å²) in [7, 11) is 0. The molecule has 4 heteroatoms. The Kier molecular flexibility index (Phi) is 4.62. The van der Waals surface area contributed by atoms with Gasteiger partial charge in [-0.05, 0) is 60.5 Å². The van der Waals surface area contributed by atoms with E-state index in [9.17, 15) is 4.79 Å². The fourth-order valence-corrected chi connectivity index (χ4v) is 2.47. The third-order valence-electron chi connectivity index (χ3n) is 3.57. The number of rotatable bonds is 5. The van der Waals surface area contributed by atoms with Crippen LogP contribution in [0.4, 0.5) is 5.69 Å². The number of carbonyl (C=O) groups excluding carboxylic acids is 1. The molecule has 1 heterocycles. The summed E-state index contributed by atoms with van der Waals surface area (Å²) in [6, 6.07) is 13.3. The number of carbonyl (C=O) groups is 1. The number of hydrogen-bond donors (Lipinski definition) is 1. The van der Waals surface area contributed by atoms with Gasteiger partial charge in [-0.3, -0.25) is 4.79 Å². The molecule has 0 saturated carbocycles. The number of anilines is 1. The van der Waals surface area contributed by atoms with Gasteiger partial charge in [-0.15, -0.1) is 0 Å². The first-order valence-corrected chi connectivity index (χ1v) is 7.72. The van der Waals surface area contributed by atoms with Gasteiger partial charge in [0.05, 0.1) is 13.2 Å². The van der Waals surface area contributed by atoms with Crippen molar-refractivity contribution < 1.29 is 14.3 Å². The van der Waals surface area contributed by atoms with Crippen LogP contribution in [0.2, 0.25) is 0 Å². The highest BCUT2D eigenvalue weighted by Gasteiger charge is 2.11. The SMILES string of the molecule is CCOc1ccc(NC(=O)/C=C/c2ccc3c(c2)CCO3)cc1. The number of nitrogens with one attached hydrogen (secondary N) is 1. The molecule has 1 aliphatic heterocycles. The lowest BCUT2D eigenvalue weighted by atomic mass is 10.1. The first kappa shape index (κ1) is 15.2. The van der Waals surface area contributed by atoms with Crippen LogP contribution in [0.3, 0.4) is 0 Å². The fourth-order valence-electron chi connectivity index (χ4n) is 2.47. The maximum absolute atomic E-state index is 12.0. The third-order valence-corrected chi connectivity index (χ3v) is 3.57. The van der Waals surface area contributed by atoms with Crippen molar-refractivity contribution in [1.82, 2.24) is 0 Å². The minimum atomic E-state index is -0.161. The number of hydrogen-bond acceptors (Lipinski definition) is 3. The smallest absolute Gasteiger partial charge is 0.248 e. The van der Waals surface area contributed by atoms with Gasteiger partial charge in [0, 0.05) is 18.2 Å². The van der Waals surface area contributed by atoms with Crippen LogP contribution in [0.15, 0.2) is 48.5 Å².